The maximum absolute atomic E-state index is 14.4. The molecule has 7 heteroatoms. The molecular formula is C20H20FN3O2S. The number of carbonyl (C=O) groups is 1. The Balaban J connectivity index is 1.64. The first-order valence-corrected chi connectivity index (χ1v) is 9.90. The number of carbonyl (C=O) groups excluding carboxylic acids is 1. The maximum Gasteiger partial charge on any atom is 0.262 e. The molecule has 3 aromatic rings. The average Bonchev–Trinajstić information content (AvgIpc) is 3.21. The molecule has 5 nitrogen and oxygen atoms in total. The molecule has 1 amide bonds. The second kappa shape index (κ2) is 7.60. The van der Waals surface area contributed by atoms with Gasteiger partial charge in [0.25, 0.3) is 5.91 Å². The van der Waals surface area contributed by atoms with Crippen LogP contribution in [0.2, 0.25) is 0 Å². The van der Waals surface area contributed by atoms with E-state index in [1.807, 2.05) is 6.07 Å². The molecular weight excluding hydrogens is 365 g/mol. The van der Waals surface area contributed by atoms with E-state index in [1.54, 1.807) is 25.1 Å². The highest BCUT2D eigenvalue weighted by Crippen LogP contribution is 2.30. The Morgan fingerprint density at radius 1 is 1.26 bits per heavy atom. The van der Waals surface area contributed by atoms with Crippen LogP contribution in [0.5, 0.6) is 0 Å². The van der Waals surface area contributed by atoms with Crippen molar-refractivity contribution in [2.45, 2.75) is 45.1 Å². The van der Waals surface area contributed by atoms with E-state index in [-0.39, 0.29) is 11.7 Å². The van der Waals surface area contributed by atoms with E-state index in [0.29, 0.717) is 16.3 Å². The van der Waals surface area contributed by atoms with E-state index in [1.165, 1.54) is 34.3 Å². The summed E-state index contributed by atoms with van der Waals surface area (Å²) in [6.07, 6.45) is 5.59. The van der Waals surface area contributed by atoms with Crippen LogP contribution in [0.15, 0.2) is 34.9 Å². The summed E-state index contributed by atoms with van der Waals surface area (Å²) in [4.78, 5) is 19.0. The van der Waals surface area contributed by atoms with E-state index in [0.717, 1.165) is 25.7 Å². The number of hydrogen-bond acceptors (Lipinski definition) is 5. The van der Waals surface area contributed by atoms with Crippen LogP contribution in [0, 0.1) is 12.7 Å². The third-order valence-corrected chi connectivity index (χ3v) is 6.00. The van der Waals surface area contributed by atoms with Gasteiger partial charge in [-0.05, 0) is 43.4 Å². The number of nitrogens with zero attached hydrogens (tertiary/aromatic N) is 2. The topological polar surface area (TPSA) is 68.0 Å². The third-order valence-electron chi connectivity index (χ3n) is 4.76. The fourth-order valence-corrected chi connectivity index (χ4v) is 4.56. The van der Waals surface area contributed by atoms with Crippen molar-refractivity contribution in [1.29, 1.82) is 0 Å². The molecule has 0 spiro atoms. The lowest BCUT2D eigenvalue weighted by Crippen LogP contribution is -2.30. The zero-order chi connectivity index (χ0) is 18.8. The van der Waals surface area contributed by atoms with Crippen molar-refractivity contribution >= 4 is 17.2 Å². The number of aryl methyl sites for hydroxylation is 3. The summed E-state index contributed by atoms with van der Waals surface area (Å²) >= 11 is 1.53. The van der Waals surface area contributed by atoms with E-state index in [2.05, 4.69) is 15.5 Å². The van der Waals surface area contributed by atoms with Gasteiger partial charge in [-0.25, -0.2) is 4.39 Å². The highest BCUT2D eigenvalue weighted by molar-refractivity contribution is 7.14. The molecule has 1 N–H and O–H groups in total. The lowest BCUT2D eigenvalue weighted by atomic mass is 10.1. The number of fused-ring (bicyclic) bond motifs is 1. The van der Waals surface area contributed by atoms with Crippen LogP contribution in [0.1, 0.15) is 62.7 Å². The Hall–Kier alpha value is -2.54. The summed E-state index contributed by atoms with van der Waals surface area (Å²) in [5.74, 6) is -0.0662. The van der Waals surface area contributed by atoms with Crippen LogP contribution in [0.3, 0.4) is 0 Å². The summed E-state index contributed by atoms with van der Waals surface area (Å²) in [5, 5.41) is 6.79. The SMILES string of the molecule is Cc1nc([C@@H](NC(=O)c2cc3c(s2)CCCCC3)c2ccccc2F)no1. The summed E-state index contributed by atoms with van der Waals surface area (Å²) < 4.78 is 19.4. The zero-order valence-electron chi connectivity index (χ0n) is 15.0. The summed E-state index contributed by atoms with van der Waals surface area (Å²) in [7, 11) is 0. The van der Waals surface area contributed by atoms with Gasteiger partial charge in [-0.1, -0.05) is 29.8 Å². The first-order chi connectivity index (χ1) is 13.1. The Morgan fingerprint density at radius 2 is 2.07 bits per heavy atom. The molecule has 1 atom stereocenters. The van der Waals surface area contributed by atoms with Gasteiger partial charge in [0, 0.05) is 17.4 Å². The van der Waals surface area contributed by atoms with Crippen LogP contribution in [-0.4, -0.2) is 16.0 Å². The molecule has 2 aromatic heterocycles. The minimum absolute atomic E-state index is 0.240. The van der Waals surface area contributed by atoms with Gasteiger partial charge >= 0.3 is 0 Å². The normalized spacial score (nSPS) is 15.0. The lowest BCUT2D eigenvalue weighted by molar-refractivity contribution is 0.0944. The third kappa shape index (κ3) is 3.78. The molecule has 0 radical (unpaired) electrons. The van der Waals surface area contributed by atoms with Gasteiger partial charge < -0.3 is 9.84 Å². The molecule has 0 bridgehead atoms. The number of halogens is 1. The maximum atomic E-state index is 14.4. The van der Waals surface area contributed by atoms with Crippen LogP contribution in [0.25, 0.3) is 0 Å². The monoisotopic (exact) mass is 385 g/mol. The molecule has 0 unspecified atom stereocenters. The smallest absolute Gasteiger partial charge is 0.262 e. The fourth-order valence-electron chi connectivity index (χ4n) is 3.40. The number of amides is 1. The molecule has 1 aliphatic carbocycles. The van der Waals surface area contributed by atoms with Crippen LogP contribution in [-0.2, 0) is 12.8 Å². The van der Waals surface area contributed by atoms with Crippen molar-refractivity contribution in [1.82, 2.24) is 15.5 Å². The van der Waals surface area contributed by atoms with Gasteiger partial charge in [0.1, 0.15) is 11.9 Å². The molecule has 4 rings (SSSR count). The summed E-state index contributed by atoms with van der Waals surface area (Å²) in [5.41, 5.74) is 1.57. The van der Waals surface area contributed by atoms with Gasteiger partial charge in [-0.2, -0.15) is 4.98 Å². The number of thiophene rings is 1. The largest absolute Gasteiger partial charge is 0.340 e. The predicted molar refractivity (Wildman–Crippen MR) is 100 cm³/mol. The van der Waals surface area contributed by atoms with Gasteiger partial charge in [-0.15, -0.1) is 11.3 Å². The van der Waals surface area contributed by atoms with Crippen molar-refractivity contribution in [3.63, 3.8) is 0 Å². The highest BCUT2D eigenvalue weighted by Gasteiger charge is 2.26. The molecule has 0 saturated carbocycles. The molecule has 1 aromatic carbocycles. The Labute approximate surface area is 160 Å². The minimum Gasteiger partial charge on any atom is -0.340 e. The quantitative estimate of drug-likeness (QED) is 0.677. The van der Waals surface area contributed by atoms with Crippen molar-refractivity contribution in [3.8, 4) is 0 Å². The first-order valence-electron chi connectivity index (χ1n) is 9.09. The summed E-state index contributed by atoms with van der Waals surface area (Å²) in [6, 6.07) is 7.47. The fraction of sp³-hybridized carbons (Fsp3) is 0.350. The van der Waals surface area contributed by atoms with Crippen molar-refractivity contribution in [3.05, 3.63) is 68.7 Å². The van der Waals surface area contributed by atoms with Gasteiger partial charge in [-0.3, -0.25) is 4.79 Å². The summed E-state index contributed by atoms with van der Waals surface area (Å²) in [6.45, 7) is 1.66. The average molecular weight is 385 g/mol. The highest BCUT2D eigenvalue weighted by atomic mass is 32.1. The van der Waals surface area contributed by atoms with Crippen molar-refractivity contribution in [2.75, 3.05) is 0 Å². The van der Waals surface area contributed by atoms with Crippen LogP contribution in [0.4, 0.5) is 4.39 Å². The van der Waals surface area contributed by atoms with Crippen molar-refractivity contribution in [2.24, 2.45) is 0 Å². The van der Waals surface area contributed by atoms with Crippen molar-refractivity contribution < 1.29 is 13.7 Å². The predicted octanol–water partition coefficient (Wildman–Crippen LogP) is 4.37. The van der Waals surface area contributed by atoms with E-state index in [4.69, 9.17) is 4.52 Å². The molecule has 1 aliphatic rings. The number of aromatic nitrogens is 2. The number of benzene rings is 1. The second-order valence-electron chi connectivity index (χ2n) is 6.72. The number of nitrogens with one attached hydrogen (secondary N) is 1. The van der Waals surface area contributed by atoms with E-state index >= 15 is 0 Å². The van der Waals surface area contributed by atoms with E-state index in [9.17, 15) is 9.18 Å². The zero-order valence-corrected chi connectivity index (χ0v) is 15.8. The standard InChI is InChI=1S/C20H20FN3O2S/c1-12-22-19(24-26-12)18(14-8-5-6-9-15(14)21)23-20(25)17-11-13-7-3-2-4-10-16(13)27-17/h5-6,8-9,11,18H,2-4,7,10H2,1H3,(H,23,25)/t18-/m0/s1. The van der Waals surface area contributed by atoms with Crippen LogP contribution >= 0.6 is 11.3 Å². The van der Waals surface area contributed by atoms with E-state index < -0.39 is 11.9 Å². The Bertz CT molecular complexity index is 942. The molecule has 0 fully saturated rings. The van der Waals surface area contributed by atoms with Crippen LogP contribution < -0.4 is 5.32 Å². The molecule has 0 aliphatic heterocycles. The first kappa shape index (κ1) is 17.9. The lowest BCUT2D eigenvalue weighted by Gasteiger charge is -2.16. The van der Waals surface area contributed by atoms with Gasteiger partial charge in [0.05, 0.1) is 4.88 Å². The van der Waals surface area contributed by atoms with Gasteiger partial charge in [0.2, 0.25) is 5.89 Å². The molecule has 2 heterocycles. The number of hydrogen-bond donors (Lipinski definition) is 1. The molecule has 0 saturated heterocycles. The Morgan fingerprint density at radius 3 is 2.85 bits per heavy atom. The molecule has 140 valence electrons. The number of rotatable bonds is 4. The second-order valence-corrected chi connectivity index (χ2v) is 7.86. The Kier molecular flexibility index (Phi) is 5.03. The van der Waals surface area contributed by atoms with Gasteiger partial charge in [0.15, 0.2) is 5.82 Å². The minimum atomic E-state index is -0.807. The molecule has 27 heavy (non-hydrogen) atoms.